The molecule has 1 aromatic carbocycles. The van der Waals surface area contributed by atoms with Crippen molar-refractivity contribution in [3.63, 3.8) is 0 Å². The molecule has 1 heterocycles. The number of rotatable bonds is 6. The zero-order chi connectivity index (χ0) is 13.7. The maximum Gasteiger partial charge on any atom is 0.133 e. The van der Waals surface area contributed by atoms with Gasteiger partial charge in [-0.25, -0.2) is 0 Å². The average Bonchev–Trinajstić information content (AvgIpc) is 2.90. The van der Waals surface area contributed by atoms with Crippen molar-refractivity contribution >= 4 is 15.9 Å². The van der Waals surface area contributed by atoms with Crippen LogP contribution in [0, 0.1) is 0 Å². The molecule has 1 aliphatic heterocycles. The first-order valence-electron chi connectivity index (χ1n) is 7.00. The fourth-order valence-electron chi connectivity index (χ4n) is 2.33. The highest BCUT2D eigenvalue weighted by Gasteiger charge is 2.20. The molecule has 0 saturated carbocycles. The van der Waals surface area contributed by atoms with E-state index in [1.54, 1.807) is 0 Å². The van der Waals surface area contributed by atoms with E-state index in [2.05, 4.69) is 35.0 Å². The van der Waals surface area contributed by atoms with Gasteiger partial charge in [0.2, 0.25) is 0 Å². The van der Waals surface area contributed by atoms with Gasteiger partial charge in [0, 0.05) is 12.6 Å². The van der Waals surface area contributed by atoms with E-state index < -0.39 is 0 Å². The molecule has 1 aromatic rings. The summed E-state index contributed by atoms with van der Waals surface area (Å²) < 4.78 is 12.3. The van der Waals surface area contributed by atoms with Gasteiger partial charge in [0.1, 0.15) is 5.75 Å². The summed E-state index contributed by atoms with van der Waals surface area (Å²) in [7, 11) is 0. The summed E-state index contributed by atoms with van der Waals surface area (Å²) in [5.41, 5.74) is 7.38. The Morgan fingerprint density at radius 2 is 2.37 bits per heavy atom. The topological polar surface area (TPSA) is 44.5 Å². The Kier molecular flexibility index (Phi) is 5.67. The molecule has 2 unspecified atom stereocenters. The van der Waals surface area contributed by atoms with Crippen molar-refractivity contribution in [3.05, 3.63) is 28.2 Å². The van der Waals surface area contributed by atoms with E-state index in [1.807, 2.05) is 6.07 Å². The van der Waals surface area contributed by atoms with Gasteiger partial charge < -0.3 is 15.2 Å². The number of hydrogen-bond acceptors (Lipinski definition) is 3. The fourth-order valence-corrected chi connectivity index (χ4v) is 2.84. The minimum absolute atomic E-state index is 0.0274. The number of benzene rings is 1. The highest BCUT2D eigenvalue weighted by molar-refractivity contribution is 9.10. The highest BCUT2D eigenvalue weighted by Crippen LogP contribution is 2.30. The van der Waals surface area contributed by atoms with Crippen molar-refractivity contribution in [2.75, 3.05) is 13.2 Å². The molecule has 3 nitrogen and oxygen atoms in total. The predicted molar refractivity (Wildman–Crippen MR) is 80.4 cm³/mol. The number of nitrogens with two attached hydrogens (primary N) is 1. The van der Waals surface area contributed by atoms with Crippen LogP contribution in [0.15, 0.2) is 22.7 Å². The van der Waals surface area contributed by atoms with E-state index in [1.165, 1.54) is 0 Å². The van der Waals surface area contributed by atoms with Crippen LogP contribution in [0.2, 0.25) is 0 Å². The molecule has 1 saturated heterocycles. The summed E-state index contributed by atoms with van der Waals surface area (Å²) in [6.07, 6.45) is 4.51. The molecular formula is C15H22BrNO2. The first-order valence-corrected chi connectivity index (χ1v) is 7.79. The SMILES string of the molecule is CCCOc1ccc(C(N)CC2CCCO2)cc1Br. The third-order valence-electron chi connectivity index (χ3n) is 3.39. The largest absolute Gasteiger partial charge is 0.492 e. The van der Waals surface area contributed by atoms with Crippen molar-refractivity contribution in [1.29, 1.82) is 0 Å². The highest BCUT2D eigenvalue weighted by atomic mass is 79.9. The molecule has 0 spiro atoms. The van der Waals surface area contributed by atoms with E-state index in [0.29, 0.717) is 6.10 Å². The molecule has 1 aliphatic rings. The van der Waals surface area contributed by atoms with E-state index in [-0.39, 0.29) is 6.04 Å². The van der Waals surface area contributed by atoms with Crippen LogP contribution >= 0.6 is 15.9 Å². The first kappa shape index (κ1) is 14.8. The molecule has 0 aliphatic carbocycles. The molecule has 19 heavy (non-hydrogen) atoms. The van der Waals surface area contributed by atoms with Crippen molar-refractivity contribution in [2.45, 2.75) is 44.8 Å². The fraction of sp³-hybridized carbons (Fsp3) is 0.600. The maximum absolute atomic E-state index is 6.25. The minimum atomic E-state index is 0.0274. The zero-order valence-corrected chi connectivity index (χ0v) is 13.0. The summed E-state index contributed by atoms with van der Waals surface area (Å²) in [5, 5.41) is 0. The van der Waals surface area contributed by atoms with Gasteiger partial charge in [-0.3, -0.25) is 0 Å². The third-order valence-corrected chi connectivity index (χ3v) is 4.01. The van der Waals surface area contributed by atoms with Gasteiger partial charge in [0.05, 0.1) is 17.2 Å². The Morgan fingerprint density at radius 1 is 1.53 bits per heavy atom. The maximum atomic E-state index is 6.25. The molecule has 2 rings (SSSR count). The lowest BCUT2D eigenvalue weighted by atomic mass is 10.00. The van der Waals surface area contributed by atoms with Gasteiger partial charge >= 0.3 is 0 Å². The number of halogens is 1. The van der Waals surface area contributed by atoms with Gasteiger partial charge in [0.25, 0.3) is 0 Å². The molecular weight excluding hydrogens is 306 g/mol. The molecule has 0 amide bonds. The van der Waals surface area contributed by atoms with E-state index in [0.717, 1.165) is 54.7 Å². The smallest absolute Gasteiger partial charge is 0.133 e. The van der Waals surface area contributed by atoms with Gasteiger partial charge in [-0.2, -0.15) is 0 Å². The van der Waals surface area contributed by atoms with Crippen LogP contribution in [0.5, 0.6) is 5.75 Å². The minimum Gasteiger partial charge on any atom is -0.492 e. The second-order valence-corrected chi connectivity index (χ2v) is 5.87. The van der Waals surface area contributed by atoms with Crippen molar-refractivity contribution in [1.82, 2.24) is 0 Å². The van der Waals surface area contributed by atoms with Crippen LogP contribution in [0.1, 0.15) is 44.2 Å². The quantitative estimate of drug-likeness (QED) is 0.864. The summed E-state index contributed by atoms with van der Waals surface area (Å²) >= 11 is 3.55. The molecule has 2 N–H and O–H groups in total. The Labute approximate surface area is 123 Å². The molecule has 0 radical (unpaired) electrons. The summed E-state index contributed by atoms with van der Waals surface area (Å²) in [5.74, 6) is 0.884. The zero-order valence-electron chi connectivity index (χ0n) is 11.4. The Balaban J connectivity index is 1.97. The van der Waals surface area contributed by atoms with Gasteiger partial charge in [-0.05, 0) is 59.3 Å². The van der Waals surface area contributed by atoms with Crippen LogP contribution in [-0.4, -0.2) is 19.3 Å². The molecule has 0 bridgehead atoms. The van der Waals surface area contributed by atoms with E-state index in [4.69, 9.17) is 15.2 Å². The Morgan fingerprint density at radius 3 is 3.00 bits per heavy atom. The third kappa shape index (κ3) is 4.20. The summed E-state index contributed by atoms with van der Waals surface area (Å²) in [6, 6.07) is 6.13. The second kappa shape index (κ2) is 7.27. The molecule has 106 valence electrons. The summed E-state index contributed by atoms with van der Waals surface area (Å²) in [6.45, 7) is 3.71. The second-order valence-electron chi connectivity index (χ2n) is 5.02. The van der Waals surface area contributed by atoms with E-state index in [9.17, 15) is 0 Å². The Hall–Kier alpha value is -0.580. The standard InChI is InChI=1S/C15H22BrNO2/c1-2-7-19-15-6-5-11(9-13(15)16)14(17)10-12-4-3-8-18-12/h5-6,9,12,14H,2-4,7-8,10,17H2,1H3. The van der Waals surface area contributed by atoms with Crippen LogP contribution in [-0.2, 0) is 4.74 Å². The van der Waals surface area contributed by atoms with Crippen LogP contribution < -0.4 is 10.5 Å². The first-order chi connectivity index (χ1) is 9.20. The van der Waals surface area contributed by atoms with E-state index >= 15 is 0 Å². The Bertz CT molecular complexity index is 405. The average molecular weight is 328 g/mol. The monoisotopic (exact) mass is 327 g/mol. The molecule has 1 fully saturated rings. The lowest BCUT2D eigenvalue weighted by Crippen LogP contribution is -2.18. The normalized spacial score (nSPS) is 20.5. The molecule has 0 aromatic heterocycles. The molecule has 2 atom stereocenters. The van der Waals surface area contributed by atoms with Gasteiger partial charge in [-0.1, -0.05) is 13.0 Å². The lowest BCUT2D eigenvalue weighted by molar-refractivity contribution is 0.0983. The van der Waals surface area contributed by atoms with Crippen molar-refractivity contribution in [3.8, 4) is 5.75 Å². The van der Waals surface area contributed by atoms with Crippen molar-refractivity contribution in [2.24, 2.45) is 5.73 Å². The number of ether oxygens (including phenoxy) is 2. The van der Waals surface area contributed by atoms with Crippen LogP contribution in [0.4, 0.5) is 0 Å². The van der Waals surface area contributed by atoms with Gasteiger partial charge in [-0.15, -0.1) is 0 Å². The van der Waals surface area contributed by atoms with Crippen molar-refractivity contribution < 1.29 is 9.47 Å². The lowest BCUT2D eigenvalue weighted by Gasteiger charge is -2.17. The number of hydrogen-bond donors (Lipinski definition) is 1. The molecule has 4 heteroatoms. The van der Waals surface area contributed by atoms with Crippen LogP contribution in [0.3, 0.4) is 0 Å². The summed E-state index contributed by atoms with van der Waals surface area (Å²) in [4.78, 5) is 0. The van der Waals surface area contributed by atoms with Gasteiger partial charge in [0.15, 0.2) is 0 Å². The van der Waals surface area contributed by atoms with Crippen LogP contribution in [0.25, 0.3) is 0 Å². The predicted octanol–water partition coefficient (Wildman–Crippen LogP) is 3.81.